The summed E-state index contributed by atoms with van der Waals surface area (Å²) < 4.78 is 12.0. The molecule has 0 aliphatic heterocycles. The van der Waals surface area contributed by atoms with Gasteiger partial charge in [0.25, 0.3) is 5.91 Å². The lowest BCUT2D eigenvalue weighted by Crippen LogP contribution is -2.31. The summed E-state index contributed by atoms with van der Waals surface area (Å²) >= 11 is 1.20. The highest BCUT2D eigenvalue weighted by atomic mass is 32.2. The number of para-hydroxylation sites is 1. The average molecular weight is 479 g/mol. The van der Waals surface area contributed by atoms with Crippen LogP contribution < -0.4 is 15.0 Å². The minimum absolute atomic E-state index is 0.0787. The third kappa shape index (κ3) is 5.26. The SMILES string of the molecule is COc1ccc(-n2nnnc2SCC(=O)N(C)c2ccccc2C(=O)NCc2ccco2)cc1. The van der Waals surface area contributed by atoms with Gasteiger partial charge in [-0.1, -0.05) is 23.9 Å². The fraction of sp³-hybridized carbons (Fsp3) is 0.174. The van der Waals surface area contributed by atoms with E-state index in [9.17, 15) is 9.59 Å². The largest absolute Gasteiger partial charge is 0.497 e. The summed E-state index contributed by atoms with van der Waals surface area (Å²) in [5, 5.41) is 15.0. The second-order valence-corrected chi connectivity index (χ2v) is 8.03. The average Bonchev–Trinajstić information content (AvgIpc) is 3.57. The van der Waals surface area contributed by atoms with Gasteiger partial charge in [0.05, 0.1) is 42.6 Å². The molecule has 2 aromatic carbocycles. The zero-order chi connectivity index (χ0) is 23.9. The normalized spacial score (nSPS) is 10.6. The van der Waals surface area contributed by atoms with E-state index in [2.05, 4.69) is 20.8 Å². The molecule has 2 amide bonds. The summed E-state index contributed by atoms with van der Waals surface area (Å²) in [6, 6.07) is 17.7. The van der Waals surface area contributed by atoms with Gasteiger partial charge < -0.3 is 19.4 Å². The molecule has 2 heterocycles. The third-order valence-corrected chi connectivity index (χ3v) is 5.87. The molecule has 0 aliphatic rings. The van der Waals surface area contributed by atoms with Crippen molar-refractivity contribution < 1.29 is 18.7 Å². The van der Waals surface area contributed by atoms with Gasteiger partial charge in [-0.05, 0) is 59.0 Å². The Labute approximate surface area is 199 Å². The van der Waals surface area contributed by atoms with Gasteiger partial charge in [-0.15, -0.1) is 5.10 Å². The number of hydrogen-bond acceptors (Lipinski definition) is 8. The first-order valence-electron chi connectivity index (χ1n) is 10.3. The number of anilines is 1. The van der Waals surface area contributed by atoms with Gasteiger partial charge in [0.2, 0.25) is 11.1 Å². The number of aromatic nitrogens is 4. The number of rotatable bonds is 9. The molecular formula is C23H22N6O4S. The maximum absolute atomic E-state index is 13.0. The van der Waals surface area contributed by atoms with Gasteiger partial charge >= 0.3 is 0 Å². The van der Waals surface area contributed by atoms with Crippen molar-refractivity contribution in [2.45, 2.75) is 11.7 Å². The van der Waals surface area contributed by atoms with Crippen LogP contribution in [0.15, 0.2) is 76.5 Å². The summed E-state index contributed by atoms with van der Waals surface area (Å²) in [5.41, 5.74) is 1.63. The molecule has 11 heteroatoms. The Morgan fingerprint density at radius 1 is 1.12 bits per heavy atom. The predicted octanol–water partition coefficient (Wildman–Crippen LogP) is 2.95. The highest BCUT2D eigenvalue weighted by Crippen LogP contribution is 2.23. The lowest BCUT2D eigenvalue weighted by Gasteiger charge is -2.20. The molecule has 4 aromatic rings. The minimum Gasteiger partial charge on any atom is -0.497 e. The number of carbonyl (C=O) groups is 2. The number of furan rings is 1. The molecule has 2 aromatic heterocycles. The zero-order valence-electron chi connectivity index (χ0n) is 18.5. The van der Waals surface area contributed by atoms with Crippen molar-refractivity contribution in [3.63, 3.8) is 0 Å². The summed E-state index contributed by atoms with van der Waals surface area (Å²) in [4.78, 5) is 27.2. The molecule has 174 valence electrons. The molecule has 0 bridgehead atoms. The number of amides is 2. The van der Waals surface area contributed by atoms with Crippen molar-refractivity contribution in [3.8, 4) is 11.4 Å². The van der Waals surface area contributed by atoms with E-state index in [0.717, 1.165) is 11.4 Å². The van der Waals surface area contributed by atoms with Gasteiger partial charge in [-0.25, -0.2) is 0 Å². The molecule has 0 saturated carbocycles. The van der Waals surface area contributed by atoms with Crippen LogP contribution in [0.5, 0.6) is 5.75 Å². The van der Waals surface area contributed by atoms with Crippen molar-refractivity contribution in [1.29, 1.82) is 0 Å². The Kier molecular flexibility index (Phi) is 7.23. The Morgan fingerprint density at radius 2 is 1.91 bits per heavy atom. The number of hydrogen-bond donors (Lipinski definition) is 1. The first kappa shape index (κ1) is 23.1. The molecule has 0 radical (unpaired) electrons. The fourth-order valence-electron chi connectivity index (χ4n) is 3.15. The van der Waals surface area contributed by atoms with Crippen molar-refractivity contribution in [2.75, 3.05) is 24.8 Å². The van der Waals surface area contributed by atoms with E-state index in [1.165, 1.54) is 16.7 Å². The van der Waals surface area contributed by atoms with Crippen LogP contribution in [0, 0.1) is 0 Å². The van der Waals surface area contributed by atoms with Gasteiger partial charge in [0.15, 0.2) is 0 Å². The van der Waals surface area contributed by atoms with Crippen LogP contribution in [-0.2, 0) is 11.3 Å². The van der Waals surface area contributed by atoms with E-state index in [4.69, 9.17) is 9.15 Å². The smallest absolute Gasteiger partial charge is 0.253 e. The van der Waals surface area contributed by atoms with Crippen LogP contribution in [0.4, 0.5) is 5.69 Å². The van der Waals surface area contributed by atoms with E-state index in [1.54, 1.807) is 73.6 Å². The topological polar surface area (TPSA) is 115 Å². The van der Waals surface area contributed by atoms with Gasteiger partial charge in [-0.2, -0.15) is 4.68 Å². The quantitative estimate of drug-likeness (QED) is 0.365. The number of benzene rings is 2. The molecule has 34 heavy (non-hydrogen) atoms. The van der Waals surface area contributed by atoms with Crippen LogP contribution in [0.1, 0.15) is 16.1 Å². The van der Waals surface area contributed by atoms with E-state index in [-0.39, 0.29) is 24.1 Å². The molecule has 1 N–H and O–H groups in total. The summed E-state index contributed by atoms with van der Waals surface area (Å²) in [6.45, 7) is 0.252. The number of methoxy groups -OCH3 is 1. The number of tetrazole rings is 1. The zero-order valence-corrected chi connectivity index (χ0v) is 19.4. The highest BCUT2D eigenvalue weighted by molar-refractivity contribution is 7.99. The summed E-state index contributed by atoms with van der Waals surface area (Å²) in [6.07, 6.45) is 1.55. The molecule has 0 fully saturated rings. The molecule has 4 rings (SSSR count). The Balaban J connectivity index is 1.42. The molecule has 0 saturated heterocycles. The van der Waals surface area contributed by atoms with Crippen LogP contribution in [-0.4, -0.2) is 51.9 Å². The number of carbonyl (C=O) groups excluding carboxylic acids is 2. The number of ether oxygens (including phenoxy) is 1. The van der Waals surface area contributed by atoms with Crippen molar-refractivity contribution in [3.05, 3.63) is 78.3 Å². The maximum atomic E-state index is 13.0. The Bertz CT molecular complexity index is 1260. The lowest BCUT2D eigenvalue weighted by molar-refractivity contribution is -0.115. The maximum Gasteiger partial charge on any atom is 0.253 e. The second-order valence-electron chi connectivity index (χ2n) is 7.09. The first-order valence-corrected chi connectivity index (χ1v) is 11.3. The van der Waals surface area contributed by atoms with E-state index >= 15 is 0 Å². The number of nitrogens with zero attached hydrogens (tertiary/aromatic N) is 5. The molecule has 0 spiro atoms. The molecular weight excluding hydrogens is 456 g/mol. The van der Waals surface area contributed by atoms with Crippen molar-refractivity contribution >= 4 is 29.3 Å². The van der Waals surface area contributed by atoms with E-state index in [1.807, 2.05) is 12.1 Å². The van der Waals surface area contributed by atoms with Gasteiger partial charge in [0.1, 0.15) is 11.5 Å². The third-order valence-electron chi connectivity index (χ3n) is 4.97. The summed E-state index contributed by atoms with van der Waals surface area (Å²) in [5.74, 6) is 0.925. The van der Waals surface area contributed by atoms with Crippen LogP contribution in [0.25, 0.3) is 5.69 Å². The lowest BCUT2D eigenvalue weighted by atomic mass is 10.1. The molecule has 0 aliphatic carbocycles. The van der Waals surface area contributed by atoms with Gasteiger partial charge in [-0.3, -0.25) is 9.59 Å². The molecule has 0 unspecified atom stereocenters. The molecule has 10 nitrogen and oxygen atoms in total. The van der Waals surface area contributed by atoms with E-state index in [0.29, 0.717) is 22.2 Å². The minimum atomic E-state index is -0.303. The van der Waals surface area contributed by atoms with Gasteiger partial charge in [0, 0.05) is 7.05 Å². The Morgan fingerprint density at radius 3 is 2.65 bits per heavy atom. The summed E-state index contributed by atoms with van der Waals surface area (Å²) in [7, 11) is 3.23. The number of thioether (sulfide) groups is 1. The van der Waals surface area contributed by atoms with Crippen LogP contribution in [0.2, 0.25) is 0 Å². The van der Waals surface area contributed by atoms with E-state index < -0.39 is 0 Å². The standard InChI is InChI=1S/C23H22N6O4S/c1-28(20-8-4-3-7-19(20)22(31)24-14-18-6-5-13-33-18)21(30)15-34-23-25-26-27-29(23)16-9-11-17(32-2)12-10-16/h3-13H,14-15H2,1-2H3,(H,24,31). The monoisotopic (exact) mass is 478 g/mol. The van der Waals surface area contributed by atoms with Crippen molar-refractivity contribution in [1.82, 2.24) is 25.5 Å². The predicted molar refractivity (Wildman–Crippen MR) is 126 cm³/mol. The van der Waals surface area contributed by atoms with Crippen LogP contribution >= 0.6 is 11.8 Å². The second kappa shape index (κ2) is 10.7. The highest BCUT2D eigenvalue weighted by Gasteiger charge is 2.20. The molecule has 0 atom stereocenters. The number of nitrogens with one attached hydrogen (secondary N) is 1. The first-order chi connectivity index (χ1) is 16.6. The fourth-order valence-corrected chi connectivity index (χ4v) is 3.95. The Hall–Kier alpha value is -4.12. The van der Waals surface area contributed by atoms with Crippen LogP contribution in [0.3, 0.4) is 0 Å². The van der Waals surface area contributed by atoms with Crippen molar-refractivity contribution in [2.24, 2.45) is 0 Å².